The second-order valence-corrected chi connectivity index (χ2v) is 10.1. The number of methoxy groups -OCH3 is 1. The molecule has 2 amide bonds. The Morgan fingerprint density at radius 2 is 1.97 bits per heavy atom. The summed E-state index contributed by atoms with van der Waals surface area (Å²) in [6.07, 6.45) is 1.48. The zero-order valence-corrected chi connectivity index (χ0v) is 19.9. The lowest BCUT2D eigenvalue weighted by atomic mass is 9.62. The molecule has 8 heteroatoms. The summed E-state index contributed by atoms with van der Waals surface area (Å²) in [6.45, 7) is 2.90. The lowest BCUT2D eigenvalue weighted by molar-refractivity contribution is -0.138. The number of aldehydes is 1. The average Bonchev–Trinajstić information content (AvgIpc) is 3.00. The molecule has 2 aliphatic rings. The quantitative estimate of drug-likeness (QED) is 0.573. The number of carbonyl (C=O) groups excluding carboxylic acids is 2. The summed E-state index contributed by atoms with van der Waals surface area (Å²) in [5.74, 6) is 0.514. The van der Waals surface area contributed by atoms with Crippen molar-refractivity contribution in [1.82, 2.24) is 10.2 Å². The topological polar surface area (TPSA) is 58.6 Å². The monoisotopic (exact) mass is 468 g/mol. The van der Waals surface area contributed by atoms with Crippen molar-refractivity contribution < 1.29 is 27.5 Å². The van der Waals surface area contributed by atoms with Crippen LogP contribution in [0, 0.1) is 11.3 Å². The second kappa shape index (κ2) is 9.65. The lowest BCUT2D eigenvalue weighted by Crippen LogP contribution is -2.60. The molecule has 0 aromatic heterocycles. The highest BCUT2D eigenvalue weighted by molar-refractivity contribution is 5.84. The van der Waals surface area contributed by atoms with Crippen molar-refractivity contribution in [2.45, 2.75) is 76.6 Å². The number of urea groups is 1. The summed E-state index contributed by atoms with van der Waals surface area (Å²) >= 11 is 0. The Morgan fingerprint density at radius 1 is 1.30 bits per heavy atom. The molecule has 1 atom stereocenters. The minimum atomic E-state index is -4.52. The standard InChI is InChI=1S/C25H35F3N2O3/c1-17(2)5-6-18-7-8-19-14-23(11-9-20(33-4)10-12-23)24(16-31,21(19)13-18)29-22(32)30(3)15-25(26,27)28/h7-8,13,16-17,20H,5-6,9-12,14-15H2,1-4H3,(H,29,32). The van der Waals surface area contributed by atoms with Crippen molar-refractivity contribution in [3.8, 4) is 0 Å². The minimum absolute atomic E-state index is 0.0777. The van der Waals surface area contributed by atoms with E-state index in [9.17, 15) is 22.8 Å². The molecule has 0 saturated heterocycles. The number of nitrogens with zero attached hydrogens (tertiary/aromatic N) is 1. The maximum absolute atomic E-state index is 12.9. The van der Waals surface area contributed by atoms with E-state index in [1.54, 1.807) is 7.11 Å². The Labute approximate surface area is 194 Å². The third kappa shape index (κ3) is 5.20. The van der Waals surface area contributed by atoms with E-state index < -0.39 is 29.7 Å². The van der Waals surface area contributed by atoms with Crippen LogP contribution in [0.2, 0.25) is 0 Å². The maximum Gasteiger partial charge on any atom is 0.406 e. The van der Waals surface area contributed by atoms with Crippen molar-refractivity contribution >= 4 is 12.3 Å². The van der Waals surface area contributed by atoms with Crippen LogP contribution in [0.15, 0.2) is 18.2 Å². The number of alkyl halides is 3. The summed E-state index contributed by atoms with van der Waals surface area (Å²) < 4.78 is 44.3. The van der Waals surface area contributed by atoms with Crippen LogP contribution in [0.25, 0.3) is 0 Å². The Morgan fingerprint density at radius 3 is 2.52 bits per heavy atom. The highest BCUT2D eigenvalue weighted by atomic mass is 19.4. The molecule has 1 aromatic rings. The summed E-state index contributed by atoms with van der Waals surface area (Å²) in [7, 11) is 2.76. The third-order valence-electron chi connectivity index (χ3n) is 7.44. The minimum Gasteiger partial charge on any atom is -0.381 e. The van der Waals surface area contributed by atoms with Crippen molar-refractivity contribution in [1.29, 1.82) is 0 Å². The van der Waals surface area contributed by atoms with Crippen molar-refractivity contribution in [3.05, 3.63) is 34.9 Å². The van der Waals surface area contributed by atoms with Crippen LogP contribution in [0.1, 0.15) is 62.6 Å². The van der Waals surface area contributed by atoms with E-state index in [1.807, 2.05) is 12.1 Å². The molecule has 1 unspecified atom stereocenters. The van der Waals surface area contributed by atoms with Gasteiger partial charge in [-0.1, -0.05) is 32.0 Å². The Bertz CT molecular complexity index is 863. The number of nitrogens with one attached hydrogen (secondary N) is 1. The second-order valence-electron chi connectivity index (χ2n) is 10.1. The number of rotatable bonds is 7. The van der Waals surface area contributed by atoms with Gasteiger partial charge in [0.15, 0.2) is 6.29 Å². The Balaban J connectivity index is 2.01. The van der Waals surface area contributed by atoms with Gasteiger partial charge >= 0.3 is 12.2 Å². The Kier molecular flexibility index (Phi) is 7.46. The molecule has 0 radical (unpaired) electrons. The fraction of sp³-hybridized carbons (Fsp3) is 0.680. The number of amides is 2. The van der Waals surface area contributed by atoms with Gasteiger partial charge in [-0.05, 0) is 67.6 Å². The zero-order chi connectivity index (χ0) is 24.4. The first kappa shape index (κ1) is 25.5. The number of ether oxygens (including phenoxy) is 1. The van der Waals surface area contributed by atoms with Crippen LogP contribution in [-0.4, -0.2) is 50.2 Å². The molecule has 33 heavy (non-hydrogen) atoms. The molecule has 1 spiro atoms. The van der Waals surface area contributed by atoms with Gasteiger partial charge in [0.2, 0.25) is 0 Å². The van der Waals surface area contributed by atoms with E-state index in [1.165, 1.54) is 0 Å². The average molecular weight is 469 g/mol. The Hall–Kier alpha value is -2.09. The van der Waals surface area contributed by atoms with E-state index in [0.29, 0.717) is 30.1 Å². The van der Waals surface area contributed by atoms with E-state index >= 15 is 0 Å². The summed E-state index contributed by atoms with van der Waals surface area (Å²) in [4.78, 5) is 26.4. The van der Waals surface area contributed by atoms with Crippen molar-refractivity contribution in [3.63, 3.8) is 0 Å². The van der Waals surface area contributed by atoms with Crippen molar-refractivity contribution in [2.24, 2.45) is 11.3 Å². The third-order valence-corrected chi connectivity index (χ3v) is 7.44. The molecular weight excluding hydrogens is 433 g/mol. The van der Waals surface area contributed by atoms with Crippen molar-refractivity contribution in [2.75, 3.05) is 20.7 Å². The number of hydrogen-bond acceptors (Lipinski definition) is 3. The highest BCUT2D eigenvalue weighted by Crippen LogP contribution is 2.57. The predicted octanol–water partition coefficient (Wildman–Crippen LogP) is 5.00. The van der Waals surface area contributed by atoms with Crippen LogP contribution in [0.3, 0.4) is 0 Å². The maximum atomic E-state index is 12.9. The molecule has 5 nitrogen and oxygen atoms in total. The number of aryl methyl sites for hydroxylation is 1. The molecule has 0 bridgehead atoms. The van der Waals surface area contributed by atoms with E-state index in [-0.39, 0.29) is 6.10 Å². The largest absolute Gasteiger partial charge is 0.406 e. The highest BCUT2D eigenvalue weighted by Gasteiger charge is 2.59. The van der Waals surface area contributed by atoms with Gasteiger partial charge in [-0.2, -0.15) is 13.2 Å². The molecule has 0 aliphatic heterocycles. The zero-order valence-electron chi connectivity index (χ0n) is 19.9. The van der Waals surface area contributed by atoms with Crippen LogP contribution in [0.4, 0.5) is 18.0 Å². The van der Waals surface area contributed by atoms with Crippen LogP contribution < -0.4 is 5.32 Å². The number of hydrogen-bond donors (Lipinski definition) is 1. The van der Waals surface area contributed by atoms with E-state index in [2.05, 4.69) is 25.2 Å². The molecule has 1 aromatic carbocycles. The van der Waals surface area contributed by atoms with Gasteiger partial charge < -0.3 is 19.7 Å². The van der Waals surface area contributed by atoms with E-state index in [0.717, 1.165) is 55.7 Å². The normalized spacial score (nSPS) is 27.0. The summed E-state index contributed by atoms with van der Waals surface area (Å²) in [5.41, 5.74) is 0.811. The molecule has 0 heterocycles. The molecule has 1 N–H and O–H groups in total. The smallest absolute Gasteiger partial charge is 0.381 e. The fourth-order valence-electron chi connectivity index (χ4n) is 5.52. The van der Waals surface area contributed by atoms with Gasteiger partial charge in [0, 0.05) is 19.6 Å². The number of carbonyl (C=O) groups is 2. The number of benzene rings is 1. The van der Waals surface area contributed by atoms with Gasteiger partial charge in [0.25, 0.3) is 0 Å². The molecule has 3 rings (SSSR count). The summed E-state index contributed by atoms with van der Waals surface area (Å²) in [6, 6.07) is 5.17. The molecule has 2 aliphatic carbocycles. The first-order chi connectivity index (χ1) is 15.4. The van der Waals surface area contributed by atoms with Gasteiger partial charge in [0.05, 0.1) is 6.10 Å². The van der Waals surface area contributed by atoms with Gasteiger partial charge in [-0.3, -0.25) is 0 Å². The van der Waals surface area contributed by atoms with E-state index in [4.69, 9.17) is 4.74 Å². The van der Waals surface area contributed by atoms with Gasteiger partial charge in [0.1, 0.15) is 12.1 Å². The van der Waals surface area contributed by atoms with Crippen LogP contribution in [-0.2, 0) is 27.9 Å². The first-order valence-corrected chi connectivity index (χ1v) is 11.7. The molecule has 1 fully saturated rings. The fourth-order valence-corrected chi connectivity index (χ4v) is 5.52. The first-order valence-electron chi connectivity index (χ1n) is 11.7. The molecule has 184 valence electrons. The van der Waals surface area contributed by atoms with Crippen LogP contribution in [0.5, 0.6) is 0 Å². The lowest BCUT2D eigenvalue weighted by Gasteiger charge is -2.47. The van der Waals surface area contributed by atoms with Crippen LogP contribution >= 0.6 is 0 Å². The predicted molar refractivity (Wildman–Crippen MR) is 120 cm³/mol. The summed E-state index contributed by atoms with van der Waals surface area (Å²) in [5, 5.41) is 2.78. The SMILES string of the molecule is COC1CCC2(CC1)Cc1ccc(CCC(C)C)cc1C2(C=O)NC(=O)N(C)CC(F)(F)F. The molecular formula is C25H35F3N2O3. The molecule has 1 saturated carbocycles. The number of halogens is 3. The number of fused-ring (bicyclic) bond motifs is 1. The van der Waals surface area contributed by atoms with Gasteiger partial charge in [-0.15, -0.1) is 0 Å². The van der Waals surface area contributed by atoms with Gasteiger partial charge in [-0.25, -0.2) is 4.79 Å².